The van der Waals surface area contributed by atoms with E-state index in [9.17, 15) is 0 Å². The first-order valence-electron chi connectivity index (χ1n) is 3.10. The van der Waals surface area contributed by atoms with Crippen molar-refractivity contribution in [3.05, 3.63) is 12.3 Å². The summed E-state index contributed by atoms with van der Waals surface area (Å²) in [5.41, 5.74) is 0. The van der Waals surface area contributed by atoms with E-state index in [2.05, 4.69) is 18.8 Å². The molecule has 0 spiro atoms. The molecule has 0 heterocycles. The lowest BCUT2D eigenvalue weighted by molar-refractivity contribution is 0.250. The number of rotatable bonds is 3. The summed E-state index contributed by atoms with van der Waals surface area (Å²) in [6.07, 6.45) is 4.37. The lowest BCUT2D eigenvalue weighted by Gasteiger charge is -1.91. The van der Waals surface area contributed by atoms with Crippen LogP contribution in [0.2, 0.25) is 0 Å². The molecule has 1 nitrogen and oxygen atoms in total. The Hall–Kier alpha value is -0.900. The summed E-state index contributed by atoms with van der Waals surface area (Å²) in [7, 11) is 0. The van der Waals surface area contributed by atoms with Crippen LogP contribution >= 0.6 is 0 Å². The standard InChI is InChI=1S/C8H12O/c1-3-5-6-8-9-7-4-2/h6,8H,4,7H2,1-2H3/b8-6+. The van der Waals surface area contributed by atoms with Gasteiger partial charge in [-0.2, -0.15) is 0 Å². The van der Waals surface area contributed by atoms with Gasteiger partial charge in [-0.1, -0.05) is 12.8 Å². The first-order valence-corrected chi connectivity index (χ1v) is 3.10. The predicted octanol–water partition coefficient (Wildman–Crippen LogP) is 1.95. The largest absolute Gasteiger partial charge is 0.501 e. The molecule has 0 saturated heterocycles. The van der Waals surface area contributed by atoms with Crippen molar-refractivity contribution >= 4 is 0 Å². The second kappa shape index (κ2) is 7.10. The normalized spacial score (nSPS) is 8.67. The van der Waals surface area contributed by atoms with E-state index in [0.29, 0.717) is 0 Å². The van der Waals surface area contributed by atoms with E-state index in [-0.39, 0.29) is 0 Å². The molecule has 0 atom stereocenters. The minimum atomic E-state index is 0.780. The molecule has 0 aromatic carbocycles. The number of allylic oxidation sites excluding steroid dienone is 1. The minimum Gasteiger partial charge on any atom is -0.501 e. The summed E-state index contributed by atoms with van der Waals surface area (Å²) in [5, 5.41) is 0. The highest BCUT2D eigenvalue weighted by molar-refractivity contribution is 5.11. The smallest absolute Gasteiger partial charge is 0.0912 e. The van der Waals surface area contributed by atoms with Crippen LogP contribution in [0.15, 0.2) is 12.3 Å². The molecule has 50 valence electrons. The van der Waals surface area contributed by atoms with E-state index in [1.54, 1.807) is 19.3 Å². The lowest BCUT2D eigenvalue weighted by Crippen LogP contribution is -1.80. The van der Waals surface area contributed by atoms with Crippen LogP contribution < -0.4 is 0 Å². The summed E-state index contributed by atoms with van der Waals surface area (Å²) >= 11 is 0. The Kier molecular flexibility index (Phi) is 6.39. The summed E-state index contributed by atoms with van der Waals surface area (Å²) in [5.74, 6) is 5.48. The first-order chi connectivity index (χ1) is 4.41. The summed E-state index contributed by atoms with van der Waals surface area (Å²) < 4.78 is 5.00. The average Bonchev–Trinajstić information content (AvgIpc) is 1.89. The Morgan fingerprint density at radius 1 is 1.56 bits per heavy atom. The molecule has 0 unspecified atom stereocenters. The zero-order valence-electron chi connectivity index (χ0n) is 5.98. The van der Waals surface area contributed by atoms with Gasteiger partial charge in [0.2, 0.25) is 0 Å². The van der Waals surface area contributed by atoms with Crippen molar-refractivity contribution in [3.63, 3.8) is 0 Å². The van der Waals surface area contributed by atoms with Crippen LogP contribution in [0, 0.1) is 11.8 Å². The van der Waals surface area contributed by atoms with Gasteiger partial charge in [0.15, 0.2) is 0 Å². The number of hydrogen-bond acceptors (Lipinski definition) is 1. The van der Waals surface area contributed by atoms with E-state index in [0.717, 1.165) is 13.0 Å². The Morgan fingerprint density at radius 3 is 2.89 bits per heavy atom. The third-order valence-corrected chi connectivity index (χ3v) is 0.714. The molecule has 0 bridgehead atoms. The third kappa shape index (κ3) is 7.10. The molecule has 0 aliphatic rings. The zero-order valence-corrected chi connectivity index (χ0v) is 5.98. The topological polar surface area (TPSA) is 9.23 Å². The lowest BCUT2D eigenvalue weighted by atomic mass is 10.5. The molecule has 0 fully saturated rings. The maximum absolute atomic E-state index is 5.00. The monoisotopic (exact) mass is 124 g/mol. The molecule has 0 saturated carbocycles. The molecule has 0 radical (unpaired) electrons. The van der Waals surface area contributed by atoms with Crippen molar-refractivity contribution < 1.29 is 4.74 Å². The Bertz CT molecular complexity index is 125. The Morgan fingerprint density at radius 2 is 2.33 bits per heavy atom. The van der Waals surface area contributed by atoms with Crippen molar-refractivity contribution in [1.29, 1.82) is 0 Å². The van der Waals surface area contributed by atoms with Gasteiger partial charge in [-0.25, -0.2) is 0 Å². The highest BCUT2D eigenvalue weighted by Gasteiger charge is 1.71. The minimum absolute atomic E-state index is 0.780. The fourth-order valence-corrected chi connectivity index (χ4v) is 0.351. The quantitative estimate of drug-likeness (QED) is 0.317. The highest BCUT2D eigenvalue weighted by Crippen LogP contribution is 1.80. The molecule has 1 heteroatoms. The van der Waals surface area contributed by atoms with Gasteiger partial charge < -0.3 is 4.74 Å². The molecule has 0 amide bonds. The molecular weight excluding hydrogens is 112 g/mol. The molecule has 0 aliphatic heterocycles. The van der Waals surface area contributed by atoms with Gasteiger partial charge in [0.25, 0.3) is 0 Å². The van der Waals surface area contributed by atoms with E-state index in [1.807, 2.05) is 0 Å². The van der Waals surface area contributed by atoms with E-state index >= 15 is 0 Å². The molecule has 0 aromatic heterocycles. The molecule has 9 heavy (non-hydrogen) atoms. The Labute approximate surface area is 56.7 Å². The van der Waals surface area contributed by atoms with Crippen LogP contribution in [-0.4, -0.2) is 6.61 Å². The molecule has 0 N–H and O–H groups in total. The van der Waals surface area contributed by atoms with Gasteiger partial charge in [0.05, 0.1) is 12.9 Å². The summed E-state index contributed by atoms with van der Waals surface area (Å²) in [4.78, 5) is 0. The van der Waals surface area contributed by atoms with Crippen molar-refractivity contribution in [2.24, 2.45) is 0 Å². The average molecular weight is 124 g/mol. The summed E-state index contributed by atoms with van der Waals surface area (Å²) in [6, 6.07) is 0. The summed E-state index contributed by atoms with van der Waals surface area (Å²) in [6.45, 7) is 4.64. The number of hydrogen-bond donors (Lipinski definition) is 0. The van der Waals surface area contributed by atoms with Gasteiger partial charge >= 0.3 is 0 Å². The maximum atomic E-state index is 5.00. The zero-order chi connectivity index (χ0) is 6.95. The van der Waals surface area contributed by atoms with Crippen molar-refractivity contribution in [2.45, 2.75) is 20.3 Å². The van der Waals surface area contributed by atoms with Crippen LogP contribution in [0.25, 0.3) is 0 Å². The molecule has 0 rings (SSSR count). The molecular formula is C8H12O. The van der Waals surface area contributed by atoms with E-state index in [4.69, 9.17) is 4.74 Å². The van der Waals surface area contributed by atoms with Crippen LogP contribution in [-0.2, 0) is 4.74 Å². The third-order valence-electron chi connectivity index (χ3n) is 0.714. The second-order valence-corrected chi connectivity index (χ2v) is 1.57. The Balaban J connectivity index is 3.11. The molecule has 0 aromatic rings. The van der Waals surface area contributed by atoms with Gasteiger partial charge in [-0.05, 0) is 13.3 Å². The van der Waals surface area contributed by atoms with Gasteiger partial charge in [-0.3, -0.25) is 0 Å². The second-order valence-electron chi connectivity index (χ2n) is 1.57. The fraction of sp³-hybridized carbons (Fsp3) is 0.500. The van der Waals surface area contributed by atoms with E-state index in [1.165, 1.54) is 0 Å². The van der Waals surface area contributed by atoms with Crippen LogP contribution in [0.3, 0.4) is 0 Å². The van der Waals surface area contributed by atoms with Crippen LogP contribution in [0.5, 0.6) is 0 Å². The number of ether oxygens (including phenoxy) is 1. The SMILES string of the molecule is CC#C/C=C/OCCC. The van der Waals surface area contributed by atoms with Gasteiger partial charge in [0, 0.05) is 6.08 Å². The fourth-order valence-electron chi connectivity index (χ4n) is 0.351. The van der Waals surface area contributed by atoms with Crippen molar-refractivity contribution in [1.82, 2.24) is 0 Å². The van der Waals surface area contributed by atoms with Crippen molar-refractivity contribution in [3.8, 4) is 11.8 Å². The predicted molar refractivity (Wildman–Crippen MR) is 38.8 cm³/mol. The van der Waals surface area contributed by atoms with Crippen LogP contribution in [0.4, 0.5) is 0 Å². The first kappa shape index (κ1) is 8.10. The maximum Gasteiger partial charge on any atom is 0.0912 e. The van der Waals surface area contributed by atoms with Gasteiger partial charge in [0.1, 0.15) is 0 Å². The van der Waals surface area contributed by atoms with Crippen molar-refractivity contribution in [2.75, 3.05) is 6.61 Å². The highest BCUT2D eigenvalue weighted by atomic mass is 16.5. The van der Waals surface area contributed by atoms with Gasteiger partial charge in [-0.15, -0.1) is 5.92 Å². The van der Waals surface area contributed by atoms with E-state index < -0.39 is 0 Å². The molecule has 0 aliphatic carbocycles. The van der Waals surface area contributed by atoms with Crippen LogP contribution in [0.1, 0.15) is 20.3 Å².